The second-order valence-electron chi connectivity index (χ2n) is 7.41. The molecule has 0 aliphatic rings. The maximum absolute atomic E-state index is 5.11. The van der Waals surface area contributed by atoms with Gasteiger partial charge in [-0.1, -0.05) is 51.3 Å². The smallest absolute Gasteiger partial charge is 0.135 e. The number of hydrogen-bond acceptors (Lipinski definition) is 5. The molecule has 0 atom stereocenters. The number of benzene rings is 1. The van der Waals surface area contributed by atoms with E-state index in [-0.39, 0.29) is 0 Å². The first-order valence-corrected chi connectivity index (χ1v) is 9.69. The van der Waals surface area contributed by atoms with Gasteiger partial charge < -0.3 is 15.1 Å². The summed E-state index contributed by atoms with van der Waals surface area (Å²) in [6.45, 7) is 19.9. The molecule has 0 aromatic heterocycles. The average Bonchev–Trinajstić information content (AvgIpc) is 2.65. The quantitative estimate of drug-likeness (QED) is 0.251. The molecular formula is C23H36N4O. The summed E-state index contributed by atoms with van der Waals surface area (Å²) in [5, 5.41) is 3.30. The Morgan fingerprint density at radius 3 is 2.43 bits per heavy atom. The predicted octanol–water partition coefficient (Wildman–Crippen LogP) is 4.70. The molecule has 3 N–H and O–H groups in total. The second-order valence-corrected chi connectivity index (χ2v) is 7.41. The van der Waals surface area contributed by atoms with Gasteiger partial charge in [0.15, 0.2) is 0 Å². The Kier molecular flexibility index (Phi) is 9.69. The standard InChI is InChI=1S/C23H36N4O/c1-16(2)21-12-9-10-13-22(21)19(6)26-23(25-17(3)4)18(5)20(7)27(8)14-11-15-28-24/h9-10,12-13,16,25H,3,7,11,14-15,24H2,1-2,4-6,8H3/b23-18+,26-19+. The van der Waals surface area contributed by atoms with E-state index in [0.29, 0.717) is 12.5 Å². The number of nitrogens with one attached hydrogen (secondary N) is 1. The molecule has 1 aromatic carbocycles. The summed E-state index contributed by atoms with van der Waals surface area (Å²) in [5.41, 5.74) is 6.10. The zero-order chi connectivity index (χ0) is 21.3. The van der Waals surface area contributed by atoms with Crippen LogP contribution in [0.25, 0.3) is 0 Å². The van der Waals surface area contributed by atoms with Crippen LogP contribution in [-0.4, -0.2) is 30.8 Å². The monoisotopic (exact) mass is 384 g/mol. The summed E-state index contributed by atoms with van der Waals surface area (Å²) in [7, 11) is 2.01. The first-order chi connectivity index (χ1) is 13.2. The molecule has 0 spiro atoms. The van der Waals surface area contributed by atoms with Gasteiger partial charge in [-0.3, -0.25) is 0 Å². The van der Waals surface area contributed by atoms with Gasteiger partial charge in [0.1, 0.15) is 5.82 Å². The molecule has 0 unspecified atom stereocenters. The van der Waals surface area contributed by atoms with Crippen molar-refractivity contribution in [2.45, 2.75) is 47.0 Å². The summed E-state index contributed by atoms with van der Waals surface area (Å²) < 4.78 is 0. The molecule has 1 aromatic rings. The van der Waals surface area contributed by atoms with Crippen LogP contribution < -0.4 is 11.2 Å². The number of nitrogens with two attached hydrogens (primary N) is 1. The zero-order valence-corrected chi connectivity index (χ0v) is 18.3. The average molecular weight is 385 g/mol. The first-order valence-electron chi connectivity index (χ1n) is 9.69. The fraction of sp³-hybridized carbons (Fsp3) is 0.435. The van der Waals surface area contributed by atoms with Crippen LogP contribution in [0, 0.1) is 0 Å². The normalized spacial score (nSPS) is 12.6. The summed E-state index contributed by atoms with van der Waals surface area (Å²) in [4.78, 5) is 11.7. The Morgan fingerprint density at radius 1 is 1.21 bits per heavy atom. The Bertz CT molecular complexity index is 747. The SMILES string of the molecule is C=C(C)NC(/N=C(\C)c1ccccc1C(C)C)=C(/C)C(=C)N(C)CCCON. The molecule has 0 bridgehead atoms. The van der Waals surface area contributed by atoms with Crippen LogP contribution in [0.15, 0.2) is 65.2 Å². The summed E-state index contributed by atoms with van der Waals surface area (Å²) in [6.07, 6.45) is 0.826. The van der Waals surface area contributed by atoms with E-state index in [4.69, 9.17) is 10.9 Å². The van der Waals surface area contributed by atoms with Gasteiger partial charge in [0.2, 0.25) is 0 Å². The minimum atomic E-state index is 0.426. The van der Waals surface area contributed by atoms with Crippen molar-refractivity contribution in [3.63, 3.8) is 0 Å². The maximum atomic E-state index is 5.11. The molecule has 0 aliphatic heterocycles. The van der Waals surface area contributed by atoms with Crippen LogP contribution in [-0.2, 0) is 4.84 Å². The number of likely N-dealkylation sites (N-methyl/N-ethyl adjacent to an activating group) is 1. The predicted molar refractivity (Wildman–Crippen MR) is 120 cm³/mol. The minimum absolute atomic E-state index is 0.426. The van der Waals surface area contributed by atoms with Crippen LogP contribution in [0.3, 0.4) is 0 Å². The number of nitrogens with zero attached hydrogens (tertiary/aromatic N) is 2. The lowest BCUT2D eigenvalue weighted by atomic mass is 9.95. The molecule has 0 saturated heterocycles. The topological polar surface area (TPSA) is 62.9 Å². The third-order valence-corrected chi connectivity index (χ3v) is 4.59. The fourth-order valence-corrected chi connectivity index (χ4v) is 2.91. The largest absolute Gasteiger partial charge is 0.375 e. The van der Waals surface area contributed by atoms with Gasteiger partial charge >= 0.3 is 0 Å². The highest BCUT2D eigenvalue weighted by atomic mass is 16.6. The Labute approximate surface area is 170 Å². The zero-order valence-electron chi connectivity index (χ0n) is 18.3. The van der Waals surface area contributed by atoms with Crippen molar-refractivity contribution in [3.8, 4) is 0 Å². The Hall–Kier alpha value is -2.37. The van der Waals surface area contributed by atoms with Crippen molar-refractivity contribution in [1.29, 1.82) is 0 Å². The molecule has 154 valence electrons. The minimum Gasteiger partial charge on any atom is -0.375 e. The van der Waals surface area contributed by atoms with Crippen LogP contribution in [0.2, 0.25) is 0 Å². The Morgan fingerprint density at radius 2 is 1.86 bits per heavy atom. The highest BCUT2D eigenvalue weighted by Crippen LogP contribution is 2.22. The Balaban J connectivity index is 3.26. The van der Waals surface area contributed by atoms with E-state index in [2.05, 4.69) is 66.3 Å². The van der Waals surface area contributed by atoms with Gasteiger partial charge in [0.25, 0.3) is 0 Å². The highest BCUT2D eigenvalue weighted by molar-refractivity contribution is 6.00. The molecule has 0 radical (unpaired) electrons. The van der Waals surface area contributed by atoms with Gasteiger partial charge in [-0.15, -0.1) is 0 Å². The molecule has 0 amide bonds. The maximum Gasteiger partial charge on any atom is 0.135 e. The van der Waals surface area contributed by atoms with Crippen molar-refractivity contribution < 1.29 is 4.84 Å². The van der Waals surface area contributed by atoms with Crippen molar-refractivity contribution in [2.24, 2.45) is 10.9 Å². The fourth-order valence-electron chi connectivity index (χ4n) is 2.91. The number of allylic oxidation sites excluding steroid dienone is 2. The van der Waals surface area contributed by atoms with E-state index < -0.39 is 0 Å². The van der Waals surface area contributed by atoms with Gasteiger partial charge in [-0.2, -0.15) is 0 Å². The third-order valence-electron chi connectivity index (χ3n) is 4.59. The molecule has 0 heterocycles. The van der Waals surface area contributed by atoms with E-state index in [1.54, 1.807) is 0 Å². The molecule has 5 heteroatoms. The van der Waals surface area contributed by atoms with Crippen molar-refractivity contribution in [2.75, 3.05) is 20.2 Å². The summed E-state index contributed by atoms with van der Waals surface area (Å²) in [5.74, 6) is 6.29. The molecule has 28 heavy (non-hydrogen) atoms. The first kappa shape index (κ1) is 23.7. The van der Waals surface area contributed by atoms with Gasteiger partial charge in [-0.25, -0.2) is 10.9 Å². The second kappa shape index (κ2) is 11.5. The lowest BCUT2D eigenvalue weighted by molar-refractivity contribution is 0.130. The van der Waals surface area contributed by atoms with E-state index in [0.717, 1.165) is 47.0 Å². The van der Waals surface area contributed by atoms with Crippen LogP contribution in [0.5, 0.6) is 0 Å². The molecule has 5 nitrogen and oxygen atoms in total. The number of hydrogen-bond donors (Lipinski definition) is 2. The van der Waals surface area contributed by atoms with Crippen LogP contribution in [0.1, 0.15) is 58.1 Å². The van der Waals surface area contributed by atoms with E-state index in [1.165, 1.54) is 5.56 Å². The lowest BCUT2D eigenvalue weighted by Crippen LogP contribution is -2.23. The van der Waals surface area contributed by atoms with E-state index >= 15 is 0 Å². The molecule has 1 rings (SSSR count). The van der Waals surface area contributed by atoms with Crippen LogP contribution >= 0.6 is 0 Å². The molecule has 0 saturated carbocycles. The van der Waals surface area contributed by atoms with Crippen molar-refractivity contribution in [1.82, 2.24) is 10.2 Å². The summed E-state index contributed by atoms with van der Waals surface area (Å²) in [6, 6.07) is 8.40. The molecular weight excluding hydrogens is 348 g/mol. The highest BCUT2D eigenvalue weighted by Gasteiger charge is 2.13. The lowest BCUT2D eigenvalue weighted by Gasteiger charge is -2.24. The molecule has 0 aliphatic carbocycles. The van der Waals surface area contributed by atoms with Gasteiger partial charge in [0, 0.05) is 36.3 Å². The van der Waals surface area contributed by atoms with Crippen molar-refractivity contribution >= 4 is 5.71 Å². The van der Waals surface area contributed by atoms with Crippen LogP contribution in [0.4, 0.5) is 0 Å². The number of rotatable bonds is 11. The van der Waals surface area contributed by atoms with Gasteiger partial charge in [-0.05, 0) is 44.2 Å². The third kappa shape index (κ3) is 6.98. The van der Waals surface area contributed by atoms with Gasteiger partial charge in [0.05, 0.1) is 6.61 Å². The van der Waals surface area contributed by atoms with Crippen molar-refractivity contribution in [3.05, 3.63) is 71.3 Å². The summed E-state index contributed by atoms with van der Waals surface area (Å²) >= 11 is 0. The molecule has 0 fully saturated rings. The van der Waals surface area contributed by atoms with E-state index in [1.807, 2.05) is 27.8 Å². The number of aliphatic imine (C=N–C) groups is 1. The van der Waals surface area contributed by atoms with E-state index in [9.17, 15) is 0 Å².